The molecule has 0 bridgehead atoms. The maximum atomic E-state index is 12.1. The van der Waals surface area contributed by atoms with Crippen LogP contribution in [0.25, 0.3) is 0 Å². The molecule has 1 unspecified atom stereocenters. The third-order valence-electron chi connectivity index (χ3n) is 3.43. The van der Waals surface area contributed by atoms with Crippen molar-refractivity contribution in [2.75, 3.05) is 7.11 Å². The van der Waals surface area contributed by atoms with Crippen molar-refractivity contribution < 1.29 is 14.3 Å². The predicted octanol–water partition coefficient (Wildman–Crippen LogP) is 3.30. The third-order valence-corrected chi connectivity index (χ3v) is 3.68. The second-order valence-electron chi connectivity index (χ2n) is 5.06. The van der Waals surface area contributed by atoms with Gasteiger partial charge in [-0.25, -0.2) is 4.79 Å². The Kier molecular flexibility index (Phi) is 6.18. The van der Waals surface area contributed by atoms with Crippen LogP contribution >= 0.6 is 11.6 Å². The first-order valence-corrected chi connectivity index (χ1v) is 7.64. The smallest absolute Gasteiger partial charge is 0.333 e. The highest BCUT2D eigenvalue weighted by atomic mass is 35.5. The lowest BCUT2D eigenvalue weighted by molar-refractivity contribution is -0.145. The molecule has 0 radical (unpaired) electrons. The van der Waals surface area contributed by atoms with E-state index in [4.69, 9.17) is 16.3 Å². The van der Waals surface area contributed by atoms with Gasteiger partial charge in [-0.1, -0.05) is 54.1 Å². The number of rotatable bonds is 6. The highest BCUT2D eigenvalue weighted by molar-refractivity contribution is 6.30. The summed E-state index contributed by atoms with van der Waals surface area (Å²) in [4.78, 5) is 24.1. The molecule has 0 saturated carbocycles. The van der Waals surface area contributed by atoms with Crippen LogP contribution in [0, 0.1) is 0 Å². The number of methoxy groups -OCH3 is 1. The fraction of sp³-hybridized carbons (Fsp3) is 0.222. The van der Waals surface area contributed by atoms with E-state index in [1.54, 1.807) is 24.3 Å². The van der Waals surface area contributed by atoms with Crippen LogP contribution in [-0.4, -0.2) is 19.0 Å². The van der Waals surface area contributed by atoms with Crippen LogP contribution in [0.5, 0.6) is 0 Å². The molecule has 1 amide bonds. The van der Waals surface area contributed by atoms with Gasteiger partial charge in [0.05, 0.1) is 7.11 Å². The van der Waals surface area contributed by atoms with E-state index in [0.717, 1.165) is 5.56 Å². The lowest BCUT2D eigenvalue weighted by Crippen LogP contribution is -2.34. The molecule has 0 aliphatic heterocycles. The van der Waals surface area contributed by atoms with Crippen molar-refractivity contribution in [1.82, 2.24) is 5.32 Å². The SMILES string of the molecule is COC(=O)C(NC(=O)CCc1ccc(Cl)cc1)c1ccccc1. The minimum Gasteiger partial charge on any atom is -0.467 e. The van der Waals surface area contributed by atoms with Crippen LogP contribution in [0.15, 0.2) is 54.6 Å². The summed E-state index contributed by atoms with van der Waals surface area (Å²) in [6.07, 6.45) is 0.855. The van der Waals surface area contributed by atoms with E-state index < -0.39 is 12.0 Å². The topological polar surface area (TPSA) is 55.4 Å². The first-order valence-electron chi connectivity index (χ1n) is 7.26. The number of carbonyl (C=O) groups is 2. The Bertz CT molecular complexity index is 656. The number of hydrogen-bond donors (Lipinski definition) is 1. The normalized spacial score (nSPS) is 11.6. The number of carbonyl (C=O) groups excluding carboxylic acids is 2. The van der Waals surface area contributed by atoms with Gasteiger partial charge in [-0.2, -0.15) is 0 Å². The molecule has 2 aromatic rings. The minimum atomic E-state index is -0.793. The second-order valence-corrected chi connectivity index (χ2v) is 5.50. The highest BCUT2D eigenvalue weighted by Gasteiger charge is 2.23. The zero-order valence-corrected chi connectivity index (χ0v) is 13.5. The summed E-state index contributed by atoms with van der Waals surface area (Å²) in [7, 11) is 1.30. The summed E-state index contributed by atoms with van der Waals surface area (Å²) in [5.74, 6) is -0.699. The van der Waals surface area contributed by atoms with Gasteiger partial charge in [-0.3, -0.25) is 4.79 Å². The molecule has 0 fully saturated rings. The van der Waals surface area contributed by atoms with Crippen LogP contribution in [0.2, 0.25) is 5.02 Å². The van der Waals surface area contributed by atoms with E-state index in [1.165, 1.54) is 7.11 Å². The van der Waals surface area contributed by atoms with Crippen molar-refractivity contribution in [3.8, 4) is 0 Å². The van der Waals surface area contributed by atoms with Crippen LogP contribution in [-0.2, 0) is 20.7 Å². The number of benzene rings is 2. The number of hydrogen-bond acceptors (Lipinski definition) is 3. The summed E-state index contributed by atoms with van der Waals surface area (Å²) < 4.78 is 4.78. The number of esters is 1. The molecule has 0 aliphatic carbocycles. The van der Waals surface area contributed by atoms with E-state index in [1.807, 2.05) is 30.3 Å². The van der Waals surface area contributed by atoms with Crippen molar-refractivity contribution in [1.29, 1.82) is 0 Å². The molecule has 0 saturated heterocycles. The van der Waals surface area contributed by atoms with Gasteiger partial charge in [0.2, 0.25) is 5.91 Å². The molecule has 0 aromatic heterocycles. The Balaban J connectivity index is 1.97. The molecule has 1 N–H and O–H groups in total. The molecule has 0 aliphatic rings. The summed E-state index contributed by atoms with van der Waals surface area (Å²) in [6, 6.07) is 15.6. The lowest BCUT2D eigenvalue weighted by Gasteiger charge is -2.17. The molecule has 1 atom stereocenters. The average Bonchev–Trinajstić information content (AvgIpc) is 2.59. The third kappa shape index (κ3) is 5.11. The number of halogens is 1. The van der Waals surface area contributed by atoms with Gasteiger partial charge in [0.15, 0.2) is 6.04 Å². The van der Waals surface area contributed by atoms with E-state index in [-0.39, 0.29) is 12.3 Å². The highest BCUT2D eigenvalue weighted by Crippen LogP contribution is 2.15. The molecule has 4 nitrogen and oxygen atoms in total. The van der Waals surface area contributed by atoms with Gasteiger partial charge in [-0.05, 0) is 29.7 Å². The molecule has 120 valence electrons. The van der Waals surface area contributed by atoms with E-state index in [0.29, 0.717) is 17.0 Å². The maximum Gasteiger partial charge on any atom is 0.333 e. The quantitative estimate of drug-likeness (QED) is 0.826. The number of amides is 1. The van der Waals surface area contributed by atoms with Crippen molar-refractivity contribution in [2.45, 2.75) is 18.9 Å². The van der Waals surface area contributed by atoms with Crippen LogP contribution in [0.3, 0.4) is 0 Å². The fourth-order valence-corrected chi connectivity index (χ4v) is 2.31. The zero-order valence-electron chi connectivity index (χ0n) is 12.8. The van der Waals surface area contributed by atoms with Crippen LogP contribution in [0.4, 0.5) is 0 Å². The summed E-state index contributed by atoms with van der Waals surface area (Å²) in [5, 5.41) is 3.39. The summed E-state index contributed by atoms with van der Waals surface area (Å²) >= 11 is 5.83. The maximum absolute atomic E-state index is 12.1. The zero-order chi connectivity index (χ0) is 16.7. The molecule has 0 spiro atoms. The molecule has 5 heteroatoms. The molecular formula is C18H18ClNO3. The van der Waals surface area contributed by atoms with E-state index in [9.17, 15) is 9.59 Å². The minimum absolute atomic E-state index is 0.209. The summed E-state index contributed by atoms with van der Waals surface area (Å²) in [6.45, 7) is 0. The van der Waals surface area contributed by atoms with Gasteiger partial charge in [0.1, 0.15) is 0 Å². The number of nitrogens with one attached hydrogen (secondary N) is 1. The molecule has 2 aromatic carbocycles. The van der Waals surface area contributed by atoms with Gasteiger partial charge in [0, 0.05) is 11.4 Å². The lowest BCUT2D eigenvalue weighted by atomic mass is 10.1. The number of ether oxygens (including phenoxy) is 1. The largest absolute Gasteiger partial charge is 0.467 e. The van der Waals surface area contributed by atoms with E-state index in [2.05, 4.69) is 5.32 Å². The fourth-order valence-electron chi connectivity index (χ4n) is 2.18. The average molecular weight is 332 g/mol. The van der Waals surface area contributed by atoms with Crippen LogP contribution < -0.4 is 5.32 Å². The van der Waals surface area contributed by atoms with E-state index >= 15 is 0 Å². The Hall–Kier alpha value is -2.33. The Morgan fingerprint density at radius 2 is 1.74 bits per heavy atom. The molecular weight excluding hydrogens is 314 g/mol. The molecule has 2 rings (SSSR count). The number of aryl methyl sites for hydroxylation is 1. The van der Waals surface area contributed by atoms with Crippen molar-refractivity contribution in [2.24, 2.45) is 0 Å². The monoisotopic (exact) mass is 331 g/mol. The predicted molar refractivity (Wildman–Crippen MR) is 89.1 cm³/mol. The first-order chi connectivity index (χ1) is 11.1. The molecule has 0 heterocycles. The van der Waals surface area contributed by atoms with Gasteiger partial charge < -0.3 is 10.1 Å². The standard InChI is InChI=1S/C18H18ClNO3/c1-23-18(22)17(14-5-3-2-4-6-14)20-16(21)12-9-13-7-10-15(19)11-8-13/h2-8,10-11,17H,9,12H2,1H3,(H,20,21). The Morgan fingerprint density at radius 1 is 1.09 bits per heavy atom. The second kappa shape index (κ2) is 8.34. The van der Waals surface area contributed by atoms with Crippen molar-refractivity contribution in [3.05, 3.63) is 70.7 Å². The van der Waals surface area contributed by atoms with Gasteiger partial charge in [0.25, 0.3) is 0 Å². The molecule has 23 heavy (non-hydrogen) atoms. The Labute approximate surface area is 140 Å². The van der Waals surface area contributed by atoms with Crippen LogP contribution in [0.1, 0.15) is 23.6 Å². The van der Waals surface area contributed by atoms with Crippen molar-refractivity contribution >= 4 is 23.5 Å². The first kappa shape index (κ1) is 17.0. The summed E-state index contributed by atoms with van der Waals surface area (Å²) in [5.41, 5.74) is 1.71. The van der Waals surface area contributed by atoms with Crippen molar-refractivity contribution in [3.63, 3.8) is 0 Å². The Morgan fingerprint density at radius 3 is 2.35 bits per heavy atom. The van der Waals surface area contributed by atoms with Gasteiger partial charge >= 0.3 is 5.97 Å². The van der Waals surface area contributed by atoms with Gasteiger partial charge in [-0.15, -0.1) is 0 Å².